The van der Waals surface area contributed by atoms with Gasteiger partial charge in [0.2, 0.25) is 5.95 Å². The van der Waals surface area contributed by atoms with Crippen LogP contribution in [0.3, 0.4) is 0 Å². The molecule has 0 aliphatic rings. The topological polar surface area (TPSA) is 99.0 Å². The molecule has 0 radical (unpaired) electrons. The molecule has 0 aliphatic carbocycles. The highest BCUT2D eigenvalue weighted by Crippen LogP contribution is 2.28. The van der Waals surface area contributed by atoms with Crippen LogP contribution in [0.2, 0.25) is 0 Å². The smallest absolute Gasteiger partial charge is 0.229 e. The molecule has 2 heterocycles. The van der Waals surface area contributed by atoms with Crippen LogP contribution >= 0.6 is 0 Å². The monoisotopic (exact) mass is 421 g/mol. The van der Waals surface area contributed by atoms with Crippen LogP contribution in [0.15, 0.2) is 53.6 Å². The zero-order valence-corrected chi connectivity index (χ0v) is 17.9. The number of rotatable bonds is 5. The largest absolute Gasteiger partial charge is 0.768 e. The molecule has 0 bridgehead atoms. The van der Waals surface area contributed by atoms with Gasteiger partial charge in [0.15, 0.2) is 0 Å². The molecule has 0 aliphatic heterocycles. The van der Waals surface area contributed by atoms with Crippen LogP contribution in [0.1, 0.15) is 11.3 Å². The number of nitrogens with one attached hydrogen (secondary N) is 1. The molecule has 8 nitrogen and oxygen atoms in total. The van der Waals surface area contributed by atoms with Crippen molar-refractivity contribution in [3.63, 3.8) is 0 Å². The van der Waals surface area contributed by atoms with Crippen molar-refractivity contribution >= 4 is 45.1 Å². The molecule has 9 heteroatoms. The number of hydrogen-bond donors (Lipinski definition) is 1. The van der Waals surface area contributed by atoms with E-state index in [4.69, 9.17) is 0 Å². The summed E-state index contributed by atoms with van der Waals surface area (Å²) in [4.78, 5) is 11.0. The molecule has 0 saturated carbocycles. The molecular formula is C21H21N6O2S-. The summed E-state index contributed by atoms with van der Waals surface area (Å²) in [5.74, 6) is 1.07. The highest BCUT2D eigenvalue weighted by molar-refractivity contribution is 7.79. The van der Waals surface area contributed by atoms with Gasteiger partial charge in [-0.05, 0) is 66.9 Å². The molecule has 1 N–H and O–H groups in total. The minimum Gasteiger partial charge on any atom is -0.768 e. The summed E-state index contributed by atoms with van der Waals surface area (Å²) in [7, 11) is 3.85. The van der Waals surface area contributed by atoms with Gasteiger partial charge < -0.3 is 14.8 Å². The Bertz CT molecular complexity index is 1270. The second kappa shape index (κ2) is 7.85. The lowest BCUT2D eigenvalue weighted by Crippen LogP contribution is -2.12. The van der Waals surface area contributed by atoms with E-state index in [1.54, 1.807) is 31.3 Å². The van der Waals surface area contributed by atoms with Gasteiger partial charge in [0.25, 0.3) is 0 Å². The number of aryl methyl sites for hydroxylation is 3. The Labute approximate surface area is 176 Å². The predicted octanol–water partition coefficient (Wildman–Crippen LogP) is 3.73. The first-order valence-corrected chi connectivity index (χ1v) is 10.4. The van der Waals surface area contributed by atoms with Crippen molar-refractivity contribution in [2.24, 2.45) is 7.05 Å². The van der Waals surface area contributed by atoms with Crippen molar-refractivity contribution in [2.45, 2.75) is 18.7 Å². The van der Waals surface area contributed by atoms with E-state index in [0.717, 1.165) is 22.3 Å². The molecule has 0 saturated heterocycles. The van der Waals surface area contributed by atoms with Gasteiger partial charge in [-0.2, -0.15) is 10.1 Å². The summed E-state index contributed by atoms with van der Waals surface area (Å²) in [5.41, 5.74) is 4.27. The lowest BCUT2D eigenvalue weighted by Gasteiger charge is -2.19. The maximum Gasteiger partial charge on any atom is 0.229 e. The Morgan fingerprint density at radius 2 is 1.93 bits per heavy atom. The summed E-state index contributed by atoms with van der Waals surface area (Å²) in [6, 6.07) is 13.0. The number of benzene rings is 2. The highest BCUT2D eigenvalue weighted by atomic mass is 32.2. The van der Waals surface area contributed by atoms with Gasteiger partial charge >= 0.3 is 0 Å². The van der Waals surface area contributed by atoms with Crippen molar-refractivity contribution in [2.75, 3.05) is 17.3 Å². The Balaban J connectivity index is 1.61. The Morgan fingerprint density at radius 1 is 1.13 bits per heavy atom. The van der Waals surface area contributed by atoms with E-state index >= 15 is 0 Å². The summed E-state index contributed by atoms with van der Waals surface area (Å²) in [5, 5.41) is 8.74. The average molecular weight is 422 g/mol. The number of nitrogens with zero attached hydrogens (tertiary/aromatic N) is 5. The maximum atomic E-state index is 11.4. The van der Waals surface area contributed by atoms with Gasteiger partial charge in [0, 0.05) is 47.6 Å². The van der Waals surface area contributed by atoms with Crippen LogP contribution < -0.4 is 10.2 Å². The lowest BCUT2D eigenvalue weighted by molar-refractivity contribution is 0.536. The Hall–Kier alpha value is -3.30. The third-order valence-electron chi connectivity index (χ3n) is 5.11. The quantitative estimate of drug-likeness (QED) is 0.490. The zero-order chi connectivity index (χ0) is 21.4. The van der Waals surface area contributed by atoms with Crippen molar-refractivity contribution < 1.29 is 8.76 Å². The van der Waals surface area contributed by atoms with Crippen LogP contribution in [-0.2, 0) is 18.1 Å². The highest BCUT2D eigenvalue weighted by Gasteiger charge is 2.11. The first-order chi connectivity index (χ1) is 14.3. The van der Waals surface area contributed by atoms with Gasteiger partial charge in [0.1, 0.15) is 5.82 Å². The molecule has 1 atom stereocenters. The standard InChI is InChI=1S/C21H22N6O2S/c1-13-5-6-15(11-19(13)30(28)29)23-21-22-10-9-20(24-21)26(3)16-7-8-17-14(2)27(4)25-18(17)12-16/h5-12H,1-4H3,(H,28,29)(H,22,23,24)/p-1. The molecule has 1 unspecified atom stereocenters. The van der Waals surface area contributed by atoms with Crippen molar-refractivity contribution in [1.82, 2.24) is 19.7 Å². The minimum atomic E-state index is -2.30. The molecule has 2 aromatic heterocycles. The van der Waals surface area contributed by atoms with E-state index in [1.165, 1.54) is 0 Å². The predicted molar refractivity (Wildman–Crippen MR) is 117 cm³/mol. The summed E-state index contributed by atoms with van der Waals surface area (Å²) in [6.07, 6.45) is 1.66. The van der Waals surface area contributed by atoms with E-state index in [0.29, 0.717) is 23.0 Å². The van der Waals surface area contributed by atoms with Crippen LogP contribution in [-0.4, -0.2) is 35.6 Å². The van der Waals surface area contributed by atoms with Gasteiger partial charge in [-0.3, -0.25) is 8.89 Å². The average Bonchev–Trinajstić information content (AvgIpc) is 3.02. The number of anilines is 4. The summed E-state index contributed by atoms with van der Waals surface area (Å²) >= 11 is -2.30. The third-order valence-corrected chi connectivity index (χ3v) is 5.91. The van der Waals surface area contributed by atoms with Gasteiger partial charge in [-0.25, -0.2) is 4.98 Å². The van der Waals surface area contributed by atoms with Gasteiger partial charge in [0.05, 0.1) is 5.52 Å². The second-order valence-electron chi connectivity index (χ2n) is 7.05. The molecule has 0 amide bonds. The lowest BCUT2D eigenvalue weighted by atomic mass is 10.2. The molecule has 0 fully saturated rings. The SMILES string of the molecule is Cc1ccc(Nc2nccc(N(C)c3ccc4c(C)n(C)nc4c3)n2)cc1S(=O)[O-]. The fraction of sp³-hybridized carbons (Fsp3) is 0.190. The number of hydrogen-bond acceptors (Lipinski definition) is 7. The molecule has 154 valence electrons. The van der Waals surface area contributed by atoms with Crippen molar-refractivity contribution in [1.29, 1.82) is 0 Å². The van der Waals surface area contributed by atoms with Crippen LogP contribution in [0, 0.1) is 13.8 Å². The first kappa shape index (κ1) is 20.0. The third kappa shape index (κ3) is 3.77. The number of fused-ring (bicyclic) bond motifs is 1. The van der Waals surface area contributed by atoms with E-state index < -0.39 is 11.1 Å². The van der Waals surface area contributed by atoms with E-state index in [2.05, 4.69) is 26.4 Å². The van der Waals surface area contributed by atoms with E-state index in [-0.39, 0.29) is 4.90 Å². The first-order valence-electron chi connectivity index (χ1n) is 9.30. The summed E-state index contributed by atoms with van der Waals surface area (Å²) < 4.78 is 24.6. The van der Waals surface area contributed by atoms with Crippen LogP contribution in [0.4, 0.5) is 23.1 Å². The second-order valence-corrected chi connectivity index (χ2v) is 7.96. The minimum absolute atomic E-state index is 0.243. The fourth-order valence-corrected chi connectivity index (χ4v) is 3.80. The van der Waals surface area contributed by atoms with Crippen LogP contribution in [0.25, 0.3) is 10.9 Å². The summed E-state index contributed by atoms with van der Waals surface area (Å²) in [6.45, 7) is 3.79. The van der Waals surface area contributed by atoms with E-state index in [1.807, 2.05) is 48.8 Å². The molecule has 4 rings (SSSR count). The molecule has 30 heavy (non-hydrogen) atoms. The van der Waals surface area contributed by atoms with Crippen LogP contribution in [0.5, 0.6) is 0 Å². The fourth-order valence-electron chi connectivity index (χ4n) is 3.24. The van der Waals surface area contributed by atoms with E-state index in [9.17, 15) is 8.76 Å². The maximum absolute atomic E-state index is 11.4. The van der Waals surface area contributed by atoms with Gasteiger partial charge in [-0.1, -0.05) is 6.07 Å². The molecule has 0 spiro atoms. The molecular weight excluding hydrogens is 400 g/mol. The molecule has 2 aromatic carbocycles. The Morgan fingerprint density at radius 3 is 2.70 bits per heavy atom. The Kier molecular flexibility index (Phi) is 5.23. The number of aromatic nitrogens is 4. The van der Waals surface area contributed by atoms with Gasteiger partial charge in [-0.15, -0.1) is 0 Å². The van der Waals surface area contributed by atoms with Crippen molar-refractivity contribution in [3.05, 3.63) is 59.9 Å². The normalized spacial score (nSPS) is 12.2. The molecule has 4 aromatic rings. The van der Waals surface area contributed by atoms with Crippen molar-refractivity contribution in [3.8, 4) is 0 Å². The zero-order valence-electron chi connectivity index (χ0n) is 17.1.